The molecule has 1 atom stereocenters. The van der Waals surface area contributed by atoms with Gasteiger partial charge in [-0.25, -0.2) is 0 Å². The number of hydrogen-bond acceptors (Lipinski definition) is 7. The number of methoxy groups -OCH3 is 1. The summed E-state index contributed by atoms with van der Waals surface area (Å²) in [5.41, 5.74) is 1.13. The lowest BCUT2D eigenvalue weighted by Crippen LogP contribution is -2.38. The number of Topliss-reactive ketones (excluding diaryl/α,β-unsaturated/α-hetero) is 1. The number of hydrogen-bond donors (Lipinski definition) is 1. The number of benzene rings is 2. The number of carbonyl (C=O) groups is 2. The minimum absolute atomic E-state index is 0.0504. The highest BCUT2D eigenvalue weighted by atomic mass is 16.6. The van der Waals surface area contributed by atoms with Crippen molar-refractivity contribution < 1.29 is 28.9 Å². The summed E-state index contributed by atoms with van der Waals surface area (Å²) in [6, 6.07) is 11.5. The van der Waals surface area contributed by atoms with Gasteiger partial charge in [-0.1, -0.05) is 26.0 Å². The second kappa shape index (κ2) is 10.2. The first-order valence-electron chi connectivity index (χ1n) is 11.5. The summed E-state index contributed by atoms with van der Waals surface area (Å²) >= 11 is 0. The first kappa shape index (κ1) is 23.6. The lowest BCUT2D eigenvalue weighted by molar-refractivity contribution is -0.140. The molecule has 0 bridgehead atoms. The Labute approximate surface area is 199 Å². The average Bonchev–Trinajstić information content (AvgIpc) is 3.13. The molecule has 2 heterocycles. The van der Waals surface area contributed by atoms with Gasteiger partial charge in [-0.3, -0.25) is 9.59 Å². The van der Waals surface area contributed by atoms with E-state index in [-0.39, 0.29) is 11.3 Å². The summed E-state index contributed by atoms with van der Waals surface area (Å²) < 4.78 is 16.6. The molecular weight excluding hydrogens is 436 g/mol. The summed E-state index contributed by atoms with van der Waals surface area (Å²) in [5, 5.41) is 11.3. The minimum Gasteiger partial charge on any atom is -0.507 e. The lowest BCUT2D eigenvalue weighted by atomic mass is 9.95. The zero-order valence-corrected chi connectivity index (χ0v) is 19.7. The molecule has 0 spiro atoms. The molecule has 8 heteroatoms. The van der Waals surface area contributed by atoms with E-state index in [9.17, 15) is 14.7 Å². The normalized spacial score (nSPS) is 19.1. The van der Waals surface area contributed by atoms with Crippen molar-refractivity contribution in [3.8, 4) is 17.2 Å². The maximum atomic E-state index is 13.2. The van der Waals surface area contributed by atoms with Crippen LogP contribution in [0.25, 0.3) is 5.76 Å². The second-order valence-electron chi connectivity index (χ2n) is 8.15. The molecule has 0 aliphatic carbocycles. The van der Waals surface area contributed by atoms with Crippen molar-refractivity contribution in [3.05, 3.63) is 59.2 Å². The molecule has 0 radical (unpaired) electrons. The Morgan fingerprint density at radius 2 is 1.82 bits per heavy atom. The smallest absolute Gasteiger partial charge is 0.295 e. The molecule has 1 saturated heterocycles. The maximum absolute atomic E-state index is 13.2. The van der Waals surface area contributed by atoms with E-state index < -0.39 is 17.7 Å². The number of carbonyl (C=O) groups excluding carboxylic acids is 2. The van der Waals surface area contributed by atoms with E-state index in [0.29, 0.717) is 54.7 Å². The van der Waals surface area contributed by atoms with E-state index >= 15 is 0 Å². The molecule has 1 amide bonds. The van der Waals surface area contributed by atoms with Crippen LogP contribution in [0.5, 0.6) is 17.2 Å². The minimum atomic E-state index is -0.737. The molecule has 180 valence electrons. The number of fused-ring (bicyclic) bond motifs is 1. The Morgan fingerprint density at radius 1 is 1.09 bits per heavy atom. The molecule has 1 unspecified atom stereocenters. The van der Waals surface area contributed by atoms with Crippen LogP contribution in [0.1, 0.15) is 31.0 Å². The van der Waals surface area contributed by atoms with Crippen LogP contribution in [-0.2, 0) is 9.59 Å². The van der Waals surface area contributed by atoms with E-state index in [2.05, 4.69) is 18.7 Å². The van der Waals surface area contributed by atoms with Gasteiger partial charge in [-0.05, 0) is 49.0 Å². The summed E-state index contributed by atoms with van der Waals surface area (Å²) in [5.74, 6) is 0.0919. The van der Waals surface area contributed by atoms with E-state index in [1.807, 2.05) is 12.1 Å². The predicted molar refractivity (Wildman–Crippen MR) is 127 cm³/mol. The Morgan fingerprint density at radius 3 is 2.53 bits per heavy atom. The van der Waals surface area contributed by atoms with E-state index in [1.165, 1.54) is 0 Å². The van der Waals surface area contributed by atoms with Crippen molar-refractivity contribution in [2.24, 2.45) is 0 Å². The molecular formula is C26H30N2O6. The molecule has 2 aromatic rings. The van der Waals surface area contributed by atoms with Crippen molar-refractivity contribution in [1.29, 1.82) is 0 Å². The first-order valence-corrected chi connectivity index (χ1v) is 11.5. The number of ketones is 1. The van der Waals surface area contributed by atoms with Crippen LogP contribution in [0, 0.1) is 0 Å². The number of likely N-dealkylation sites (tertiary alicyclic amines) is 1. The van der Waals surface area contributed by atoms with Crippen molar-refractivity contribution in [2.45, 2.75) is 19.9 Å². The van der Waals surface area contributed by atoms with E-state index in [1.54, 1.807) is 42.3 Å². The van der Waals surface area contributed by atoms with E-state index in [0.717, 1.165) is 13.1 Å². The molecule has 2 aliphatic heterocycles. The Bertz CT molecular complexity index is 1110. The van der Waals surface area contributed by atoms with Crippen LogP contribution < -0.4 is 14.2 Å². The van der Waals surface area contributed by atoms with Gasteiger partial charge in [0.1, 0.15) is 24.7 Å². The fourth-order valence-electron chi connectivity index (χ4n) is 4.40. The average molecular weight is 467 g/mol. The van der Waals surface area contributed by atoms with Gasteiger partial charge >= 0.3 is 0 Å². The number of aliphatic hydroxyl groups excluding tert-OH is 1. The number of likely N-dealkylation sites (N-methyl/N-ethyl adjacent to an activating group) is 1. The molecule has 0 aromatic heterocycles. The van der Waals surface area contributed by atoms with Crippen LogP contribution in [0.4, 0.5) is 0 Å². The SMILES string of the molecule is CCN(CC)CCN1C(=O)C(=O)/C(=C(\O)c2ccc3c(c2)OCCO3)C1c1cccc(OC)c1. The van der Waals surface area contributed by atoms with Gasteiger partial charge in [0.15, 0.2) is 11.5 Å². The van der Waals surface area contributed by atoms with Crippen molar-refractivity contribution in [2.75, 3.05) is 46.5 Å². The lowest BCUT2D eigenvalue weighted by Gasteiger charge is -2.28. The summed E-state index contributed by atoms with van der Waals surface area (Å²) in [7, 11) is 1.56. The van der Waals surface area contributed by atoms with Gasteiger partial charge in [-0.2, -0.15) is 0 Å². The second-order valence-corrected chi connectivity index (χ2v) is 8.15. The predicted octanol–water partition coefficient (Wildman–Crippen LogP) is 3.23. The van der Waals surface area contributed by atoms with Crippen LogP contribution in [0.3, 0.4) is 0 Å². The summed E-state index contributed by atoms with van der Waals surface area (Å²) in [6.07, 6.45) is 0. The zero-order valence-electron chi connectivity index (χ0n) is 19.7. The molecule has 2 aromatic carbocycles. The summed E-state index contributed by atoms with van der Waals surface area (Å²) in [4.78, 5) is 30.1. The molecule has 1 fully saturated rings. The fourth-order valence-corrected chi connectivity index (χ4v) is 4.40. The highest BCUT2D eigenvalue weighted by molar-refractivity contribution is 6.46. The standard InChI is InChI=1S/C26H30N2O6/c1-4-27(5-2)11-12-28-23(17-7-6-8-19(15-17)32-3)22(25(30)26(28)31)24(29)18-9-10-20-21(16-18)34-14-13-33-20/h6-10,15-16,23,29H,4-5,11-14H2,1-3H3/b24-22-. The van der Waals surface area contributed by atoms with Gasteiger partial charge in [0.05, 0.1) is 18.7 Å². The molecule has 1 N–H and O–H groups in total. The Kier molecular flexibility index (Phi) is 7.07. The highest BCUT2D eigenvalue weighted by Gasteiger charge is 2.46. The molecule has 2 aliphatic rings. The highest BCUT2D eigenvalue weighted by Crippen LogP contribution is 2.41. The van der Waals surface area contributed by atoms with Gasteiger partial charge in [0.2, 0.25) is 0 Å². The third kappa shape index (κ3) is 4.46. The van der Waals surface area contributed by atoms with Crippen LogP contribution >= 0.6 is 0 Å². The van der Waals surface area contributed by atoms with Crippen molar-refractivity contribution >= 4 is 17.4 Å². The van der Waals surface area contributed by atoms with Crippen molar-refractivity contribution in [3.63, 3.8) is 0 Å². The van der Waals surface area contributed by atoms with Gasteiger partial charge in [0.25, 0.3) is 11.7 Å². The van der Waals surface area contributed by atoms with Crippen LogP contribution in [0.15, 0.2) is 48.0 Å². The van der Waals surface area contributed by atoms with Crippen LogP contribution in [-0.4, -0.2) is 73.1 Å². The molecule has 8 nitrogen and oxygen atoms in total. The third-order valence-corrected chi connectivity index (χ3v) is 6.32. The Hall–Kier alpha value is -3.52. The fraction of sp³-hybridized carbons (Fsp3) is 0.385. The number of ether oxygens (including phenoxy) is 3. The van der Waals surface area contributed by atoms with Gasteiger partial charge < -0.3 is 29.1 Å². The summed E-state index contributed by atoms with van der Waals surface area (Å²) in [6.45, 7) is 7.60. The molecule has 0 saturated carbocycles. The molecule has 34 heavy (non-hydrogen) atoms. The number of nitrogens with zero attached hydrogens (tertiary/aromatic N) is 2. The van der Waals surface area contributed by atoms with E-state index in [4.69, 9.17) is 14.2 Å². The third-order valence-electron chi connectivity index (χ3n) is 6.32. The van der Waals surface area contributed by atoms with Gasteiger partial charge in [0, 0.05) is 18.7 Å². The number of aliphatic hydroxyl groups is 1. The first-order chi connectivity index (χ1) is 16.5. The quantitative estimate of drug-likeness (QED) is 0.363. The monoisotopic (exact) mass is 466 g/mol. The number of rotatable bonds is 8. The van der Waals surface area contributed by atoms with Crippen molar-refractivity contribution in [1.82, 2.24) is 9.80 Å². The topological polar surface area (TPSA) is 88.5 Å². The van der Waals surface area contributed by atoms with Gasteiger partial charge in [-0.15, -0.1) is 0 Å². The zero-order chi connectivity index (χ0) is 24.2. The molecule has 4 rings (SSSR count). The Balaban J connectivity index is 1.80. The largest absolute Gasteiger partial charge is 0.507 e. The maximum Gasteiger partial charge on any atom is 0.295 e. The van der Waals surface area contributed by atoms with Crippen LogP contribution in [0.2, 0.25) is 0 Å². The number of amides is 1.